The molecule has 0 atom stereocenters. The van der Waals surface area contributed by atoms with E-state index >= 15 is 0 Å². The molecule has 60 valence electrons. The van der Waals surface area contributed by atoms with E-state index in [9.17, 15) is 4.79 Å². The average molecular weight is 156 g/mol. The Balaban J connectivity index is 2.88. The summed E-state index contributed by atoms with van der Waals surface area (Å²) in [6.45, 7) is 3.52. The first-order valence-corrected chi connectivity index (χ1v) is 3.26. The highest BCUT2D eigenvalue weighted by molar-refractivity contribution is 5.87. The second kappa shape index (κ2) is 3.18. The van der Waals surface area contributed by atoms with Gasteiger partial charge in [0.15, 0.2) is 5.69 Å². The highest BCUT2D eigenvalue weighted by atomic mass is 16.5. The SMILES string of the molecule is [2H]c1c(C(=O)OCC)noc1C. The van der Waals surface area contributed by atoms with Crippen molar-refractivity contribution >= 4 is 5.97 Å². The Labute approximate surface area is 65.5 Å². The summed E-state index contributed by atoms with van der Waals surface area (Å²) in [7, 11) is 0. The molecule has 4 heteroatoms. The summed E-state index contributed by atoms with van der Waals surface area (Å²) < 4.78 is 16.6. The van der Waals surface area contributed by atoms with Crippen LogP contribution in [0.5, 0.6) is 0 Å². The fraction of sp³-hybridized carbons (Fsp3) is 0.429. The van der Waals surface area contributed by atoms with Gasteiger partial charge in [-0.3, -0.25) is 0 Å². The van der Waals surface area contributed by atoms with Gasteiger partial charge in [0, 0.05) is 6.04 Å². The van der Waals surface area contributed by atoms with Gasteiger partial charge >= 0.3 is 5.97 Å². The molecule has 0 aliphatic rings. The summed E-state index contributed by atoms with van der Waals surface area (Å²) in [6.07, 6.45) is 0. The predicted octanol–water partition coefficient (Wildman–Crippen LogP) is 1.16. The highest BCUT2D eigenvalue weighted by Crippen LogP contribution is 2.02. The molecule has 0 bridgehead atoms. The third kappa shape index (κ3) is 1.80. The van der Waals surface area contributed by atoms with Crippen molar-refractivity contribution < 1.29 is 15.4 Å². The lowest BCUT2D eigenvalue weighted by Gasteiger charge is -1.94. The molecule has 1 rings (SSSR count). The van der Waals surface area contributed by atoms with Crippen LogP contribution < -0.4 is 0 Å². The zero-order chi connectivity index (χ0) is 9.14. The van der Waals surface area contributed by atoms with Gasteiger partial charge in [-0.2, -0.15) is 0 Å². The molecule has 0 spiro atoms. The van der Waals surface area contributed by atoms with Gasteiger partial charge in [0.25, 0.3) is 0 Å². The van der Waals surface area contributed by atoms with Crippen molar-refractivity contribution in [3.8, 4) is 0 Å². The van der Waals surface area contributed by atoms with E-state index in [1.807, 2.05) is 0 Å². The maximum absolute atomic E-state index is 11.0. The summed E-state index contributed by atoms with van der Waals surface area (Å²) in [4.78, 5) is 11.0. The van der Waals surface area contributed by atoms with E-state index in [0.29, 0.717) is 5.76 Å². The van der Waals surface area contributed by atoms with Crippen LogP contribution in [0.3, 0.4) is 0 Å². The van der Waals surface area contributed by atoms with Crippen LogP contribution in [0.1, 0.15) is 24.5 Å². The molecular weight excluding hydrogens is 146 g/mol. The number of hydrogen-bond acceptors (Lipinski definition) is 4. The van der Waals surface area contributed by atoms with Crippen LogP contribution in [-0.2, 0) is 4.74 Å². The monoisotopic (exact) mass is 156 g/mol. The summed E-state index contributed by atoms with van der Waals surface area (Å²) >= 11 is 0. The number of rotatable bonds is 2. The molecular formula is C7H9NO3. The molecule has 11 heavy (non-hydrogen) atoms. The van der Waals surface area contributed by atoms with Crippen LogP contribution in [0.2, 0.25) is 0 Å². The molecule has 1 aromatic heterocycles. The Bertz CT molecular complexity index is 295. The molecule has 1 heterocycles. The fourth-order valence-electron chi connectivity index (χ4n) is 0.614. The molecule has 0 aromatic carbocycles. The van der Waals surface area contributed by atoms with Crippen molar-refractivity contribution in [2.24, 2.45) is 0 Å². The lowest BCUT2D eigenvalue weighted by Crippen LogP contribution is -2.04. The number of carbonyl (C=O) groups excluding carboxylic acids is 1. The number of aryl methyl sites for hydroxylation is 1. The summed E-state index contributed by atoms with van der Waals surface area (Å²) in [5.41, 5.74) is -0.0608. The molecule has 0 N–H and O–H groups in total. The maximum Gasteiger partial charge on any atom is 0.360 e. The van der Waals surface area contributed by atoms with Crippen molar-refractivity contribution in [1.82, 2.24) is 5.16 Å². The molecule has 0 unspecified atom stereocenters. The van der Waals surface area contributed by atoms with Crippen molar-refractivity contribution in [3.05, 3.63) is 17.5 Å². The van der Waals surface area contributed by atoms with E-state index in [1.54, 1.807) is 13.8 Å². The van der Waals surface area contributed by atoms with E-state index in [2.05, 4.69) is 14.4 Å². The van der Waals surface area contributed by atoms with Gasteiger partial charge in [-0.1, -0.05) is 5.16 Å². The predicted molar refractivity (Wildman–Crippen MR) is 37.2 cm³/mol. The zero-order valence-corrected chi connectivity index (χ0v) is 6.38. The molecule has 1 aromatic rings. The van der Waals surface area contributed by atoms with Gasteiger partial charge in [0.1, 0.15) is 5.76 Å². The normalized spacial score (nSPS) is 10.9. The molecule has 0 aliphatic heterocycles. The quantitative estimate of drug-likeness (QED) is 0.603. The van der Waals surface area contributed by atoms with E-state index < -0.39 is 5.97 Å². The van der Waals surface area contributed by atoms with E-state index in [-0.39, 0.29) is 18.3 Å². The molecule has 0 aliphatic carbocycles. The van der Waals surface area contributed by atoms with Gasteiger partial charge in [-0.05, 0) is 13.8 Å². The second-order valence-corrected chi connectivity index (χ2v) is 1.93. The number of hydrogen-bond donors (Lipinski definition) is 0. The first-order valence-electron chi connectivity index (χ1n) is 3.76. The number of aromatic nitrogens is 1. The fourth-order valence-corrected chi connectivity index (χ4v) is 0.614. The first kappa shape index (κ1) is 6.39. The van der Waals surface area contributed by atoms with E-state index in [0.717, 1.165) is 0 Å². The number of ether oxygens (including phenoxy) is 1. The lowest BCUT2D eigenvalue weighted by atomic mass is 10.4. The van der Waals surface area contributed by atoms with Gasteiger partial charge < -0.3 is 9.26 Å². The second-order valence-electron chi connectivity index (χ2n) is 1.93. The molecule has 0 saturated heterocycles. The van der Waals surface area contributed by atoms with Crippen molar-refractivity contribution in [2.45, 2.75) is 13.8 Å². The van der Waals surface area contributed by atoms with Gasteiger partial charge in [-0.25, -0.2) is 4.79 Å². The molecule has 0 fully saturated rings. The molecule has 0 saturated carbocycles. The third-order valence-electron chi connectivity index (χ3n) is 1.04. The summed E-state index contributed by atoms with van der Waals surface area (Å²) in [5, 5.41) is 3.40. The zero-order valence-electron chi connectivity index (χ0n) is 7.38. The average Bonchev–Trinajstić information content (AvgIpc) is 2.34. The minimum Gasteiger partial charge on any atom is -0.461 e. The largest absolute Gasteiger partial charge is 0.461 e. The summed E-state index contributed by atoms with van der Waals surface area (Å²) in [5.74, 6) is -0.294. The summed E-state index contributed by atoms with van der Waals surface area (Å²) in [6, 6.07) is -0.00606. The first-order chi connectivity index (χ1) is 5.66. The van der Waals surface area contributed by atoms with Crippen LogP contribution in [0.25, 0.3) is 0 Å². The lowest BCUT2D eigenvalue weighted by molar-refractivity contribution is 0.0514. The van der Waals surface area contributed by atoms with Crippen LogP contribution in [0.15, 0.2) is 10.6 Å². The Kier molecular flexibility index (Phi) is 1.85. The number of esters is 1. The topological polar surface area (TPSA) is 52.3 Å². The highest BCUT2D eigenvalue weighted by Gasteiger charge is 2.10. The van der Waals surface area contributed by atoms with Crippen molar-refractivity contribution in [2.75, 3.05) is 6.61 Å². The number of carbonyl (C=O) groups is 1. The van der Waals surface area contributed by atoms with Gasteiger partial charge in [0.05, 0.1) is 7.98 Å². The van der Waals surface area contributed by atoms with E-state index in [1.165, 1.54) is 0 Å². The Morgan fingerprint density at radius 3 is 3.18 bits per heavy atom. The smallest absolute Gasteiger partial charge is 0.360 e. The minimum atomic E-state index is -0.612. The van der Waals surface area contributed by atoms with Crippen LogP contribution in [-0.4, -0.2) is 17.7 Å². The maximum atomic E-state index is 11.0. The standard InChI is InChI=1S/C7H9NO3/c1-3-10-7(9)6-4-5(2)11-8-6/h4H,3H2,1-2H3/i4D. The van der Waals surface area contributed by atoms with Crippen LogP contribution >= 0.6 is 0 Å². The number of nitrogens with zero attached hydrogens (tertiary/aromatic N) is 1. The Hall–Kier alpha value is -1.32. The van der Waals surface area contributed by atoms with Gasteiger partial charge in [0.2, 0.25) is 0 Å². The van der Waals surface area contributed by atoms with Crippen molar-refractivity contribution in [3.63, 3.8) is 0 Å². The third-order valence-corrected chi connectivity index (χ3v) is 1.04. The molecule has 0 amide bonds. The van der Waals surface area contributed by atoms with E-state index in [4.69, 9.17) is 1.37 Å². The molecule has 0 radical (unpaired) electrons. The minimum absolute atomic E-state index is 0.00606. The van der Waals surface area contributed by atoms with Crippen molar-refractivity contribution in [1.29, 1.82) is 0 Å². The van der Waals surface area contributed by atoms with Crippen LogP contribution in [0, 0.1) is 6.92 Å². The van der Waals surface area contributed by atoms with Gasteiger partial charge in [-0.15, -0.1) is 0 Å². The van der Waals surface area contributed by atoms with Crippen LogP contribution in [0.4, 0.5) is 0 Å². The Morgan fingerprint density at radius 2 is 2.73 bits per heavy atom. The Morgan fingerprint density at radius 1 is 2.00 bits per heavy atom. The molecule has 4 nitrogen and oxygen atoms in total.